The van der Waals surface area contributed by atoms with Crippen molar-refractivity contribution in [3.05, 3.63) is 23.8 Å². The Bertz CT molecular complexity index is 734. The van der Waals surface area contributed by atoms with Gasteiger partial charge in [0, 0.05) is 31.2 Å². The summed E-state index contributed by atoms with van der Waals surface area (Å²) in [6, 6.07) is 4.87. The van der Waals surface area contributed by atoms with Crippen LogP contribution in [0.25, 0.3) is 0 Å². The minimum Gasteiger partial charge on any atom is -0.496 e. The first-order valence-corrected chi connectivity index (χ1v) is 9.42. The molecule has 2 bridgehead atoms. The number of carbonyl (C=O) groups excluding carboxylic acids is 1. The predicted octanol–water partition coefficient (Wildman–Crippen LogP) is 0.997. The first kappa shape index (κ1) is 17.2. The molecular weight excluding hydrogens is 332 g/mol. The van der Waals surface area contributed by atoms with Crippen LogP contribution in [0.4, 0.5) is 0 Å². The van der Waals surface area contributed by atoms with Crippen LogP contribution in [0.3, 0.4) is 0 Å². The summed E-state index contributed by atoms with van der Waals surface area (Å²) in [5.74, 6) is -0.371. The summed E-state index contributed by atoms with van der Waals surface area (Å²) in [5.41, 5.74) is 0.204. The van der Waals surface area contributed by atoms with E-state index in [1.165, 1.54) is 36.7 Å². The standard InChI is InChI=1S/C16H22N2O5S/c1-22-15-9-13(5-6-14(15)16(19)23-2)24(20,21)18-8-7-11-3-4-12(10-18)17-11/h5-6,9,11-12,17H,3-4,7-8,10H2,1-2H3. The van der Waals surface area contributed by atoms with E-state index in [4.69, 9.17) is 4.74 Å². The van der Waals surface area contributed by atoms with E-state index in [9.17, 15) is 13.2 Å². The fraction of sp³-hybridized carbons (Fsp3) is 0.562. The molecule has 0 amide bonds. The van der Waals surface area contributed by atoms with Gasteiger partial charge in [0.1, 0.15) is 11.3 Å². The molecule has 1 N–H and O–H groups in total. The maximum absolute atomic E-state index is 13.0. The molecule has 8 heteroatoms. The van der Waals surface area contributed by atoms with Crippen molar-refractivity contribution >= 4 is 16.0 Å². The van der Waals surface area contributed by atoms with Gasteiger partial charge in [-0.1, -0.05) is 0 Å². The minimum atomic E-state index is -3.63. The predicted molar refractivity (Wildman–Crippen MR) is 87.7 cm³/mol. The van der Waals surface area contributed by atoms with E-state index in [0.717, 1.165) is 19.3 Å². The molecule has 2 atom stereocenters. The molecule has 24 heavy (non-hydrogen) atoms. The van der Waals surface area contributed by atoms with E-state index in [2.05, 4.69) is 10.1 Å². The highest BCUT2D eigenvalue weighted by atomic mass is 32.2. The van der Waals surface area contributed by atoms with Gasteiger partial charge in [-0.2, -0.15) is 4.31 Å². The van der Waals surface area contributed by atoms with E-state index in [1.54, 1.807) is 0 Å². The van der Waals surface area contributed by atoms with Gasteiger partial charge in [-0.3, -0.25) is 0 Å². The molecule has 0 aliphatic carbocycles. The van der Waals surface area contributed by atoms with E-state index in [-0.39, 0.29) is 22.3 Å². The topological polar surface area (TPSA) is 84.9 Å². The van der Waals surface area contributed by atoms with Crippen LogP contribution < -0.4 is 10.1 Å². The zero-order valence-corrected chi connectivity index (χ0v) is 14.6. The molecule has 2 aliphatic heterocycles. The summed E-state index contributed by atoms with van der Waals surface area (Å²) in [5, 5.41) is 3.47. The number of hydrogen-bond donors (Lipinski definition) is 1. The molecule has 1 aromatic rings. The van der Waals surface area contributed by atoms with Gasteiger partial charge in [0.15, 0.2) is 0 Å². The number of fused-ring (bicyclic) bond motifs is 2. The lowest BCUT2D eigenvalue weighted by atomic mass is 10.1. The largest absolute Gasteiger partial charge is 0.496 e. The molecule has 2 unspecified atom stereocenters. The number of carbonyl (C=O) groups is 1. The van der Waals surface area contributed by atoms with Gasteiger partial charge in [-0.05, 0) is 31.4 Å². The van der Waals surface area contributed by atoms with Crippen LogP contribution in [0.5, 0.6) is 5.75 Å². The first-order chi connectivity index (χ1) is 11.5. The van der Waals surface area contributed by atoms with Crippen molar-refractivity contribution in [1.82, 2.24) is 9.62 Å². The highest BCUT2D eigenvalue weighted by Crippen LogP contribution is 2.28. The number of benzene rings is 1. The Morgan fingerprint density at radius 1 is 1.21 bits per heavy atom. The fourth-order valence-electron chi connectivity index (χ4n) is 3.39. The fourth-order valence-corrected chi connectivity index (χ4v) is 4.91. The maximum atomic E-state index is 13.0. The Morgan fingerprint density at radius 3 is 2.67 bits per heavy atom. The van der Waals surface area contributed by atoms with Crippen molar-refractivity contribution in [3.63, 3.8) is 0 Å². The van der Waals surface area contributed by atoms with Crippen LogP contribution >= 0.6 is 0 Å². The van der Waals surface area contributed by atoms with Crippen LogP contribution in [0.1, 0.15) is 29.6 Å². The van der Waals surface area contributed by atoms with Gasteiger partial charge in [0.2, 0.25) is 10.0 Å². The maximum Gasteiger partial charge on any atom is 0.341 e. The number of nitrogens with zero attached hydrogens (tertiary/aromatic N) is 1. The molecule has 2 saturated heterocycles. The molecular formula is C16H22N2O5S. The van der Waals surface area contributed by atoms with Gasteiger partial charge in [0.05, 0.1) is 19.1 Å². The average molecular weight is 354 g/mol. The number of hydrogen-bond acceptors (Lipinski definition) is 6. The van der Waals surface area contributed by atoms with E-state index < -0.39 is 16.0 Å². The van der Waals surface area contributed by atoms with Gasteiger partial charge < -0.3 is 14.8 Å². The second kappa shape index (κ2) is 6.70. The van der Waals surface area contributed by atoms with Crippen molar-refractivity contribution < 1.29 is 22.7 Å². The Hall–Kier alpha value is -1.64. The molecule has 1 aromatic carbocycles. The molecule has 2 heterocycles. The average Bonchev–Trinajstić information content (AvgIpc) is 2.91. The summed E-state index contributed by atoms with van der Waals surface area (Å²) >= 11 is 0. The summed E-state index contributed by atoms with van der Waals surface area (Å²) in [7, 11) is -0.963. The van der Waals surface area contributed by atoms with Crippen LogP contribution in [0.15, 0.2) is 23.1 Å². The highest BCUT2D eigenvalue weighted by molar-refractivity contribution is 7.89. The Labute approximate surface area is 142 Å². The molecule has 0 saturated carbocycles. The molecule has 0 spiro atoms. The molecule has 0 radical (unpaired) electrons. The van der Waals surface area contributed by atoms with Gasteiger partial charge in [-0.25, -0.2) is 13.2 Å². The minimum absolute atomic E-state index is 0.129. The Morgan fingerprint density at radius 2 is 1.96 bits per heavy atom. The number of methoxy groups -OCH3 is 2. The summed E-state index contributed by atoms with van der Waals surface area (Å²) < 4.78 is 37.3. The van der Waals surface area contributed by atoms with Crippen molar-refractivity contribution in [2.45, 2.75) is 36.2 Å². The first-order valence-electron chi connectivity index (χ1n) is 7.98. The van der Waals surface area contributed by atoms with E-state index in [0.29, 0.717) is 19.1 Å². The summed E-state index contributed by atoms with van der Waals surface area (Å²) in [6.07, 6.45) is 2.93. The number of nitrogens with one attached hydrogen (secondary N) is 1. The Balaban J connectivity index is 1.90. The van der Waals surface area contributed by atoms with Crippen molar-refractivity contribution in [1.29, 1.82) is 0 Å². The van der Waals surface area contributed by atoms with E-state index >= 15 is 0 Å². The molecule has 2 fully saturated rings. The van der Waals surface area contributed by atoms with Crippen molar-refractivity contribution in [2.75, 3.05) is 27.3 Å². The normalized spacial score (nSPS) is 24.4. The Kier molecular flexibility index (Phi) is 4.80. The number of rotatable bonds is 4. The van der Waals surface area contributed by atoms with Crippen molar-refractivity contribution in [2.24, 2.45) is 0 Å². The van der Waals surface area contributed by atoms with E-state index in [1.807, 2.05) is 0 Å². The third-order valence-corrected chi connectivity index (χ3v) is 6.56. The lowest BCUT2D eigenvalue weighted by Crippen LogP contribution is -2.39. The van der Waals surface area contributed by atoms with Gasteiger partial charge >= 0.3 is 5.97 Å². The molecule has 3 rings (SSSR count). The quantitative estimate of drug-likeness (QED) is 0.812. The number of sulfonamides is 1. The molecule has 132 valence electrons. The van der Waals surface area contributed by atoms with Gasteiger partial charge in [0.25, 0.3) is 0 Å². The number of esters is 1. The van der Waals surface area contributed by atoms with Crippen LogP contribution in [0, 0.1) is 0 Å². The van der Waals surface area contributed by atoms with Crippen LogP contribution in [-0.2, 0) is 14.8 Å². The second-order valence-electron chi connectivity index (χ2n) is 6.14. The zero-order chi connectivity index (χ0) is 17.3. The van der Waals surface area contributed by atoms with Crippen molar-refractivity contribution in [3.8, 4) is 5.75 Å². The number of ether oxygens (including phenoxy) is 2. The smallest absolute Gasteiger partial charge is 0.341 e. The van der Waals surface area contributed by atoms with Crippen LogP contribution in [0.2, 0.25) is 0 Å². The summed E-state index contributed by atoms with van der Waals surface area (Å²) in [6.45, 7) is 0.970. The third-order valence-electron chi connectivity index (χ3n) is 4.70. The molecule has 2 aliphatic rings. The summed E-state index contributed by atoms with van der Waals surface area (Å²) in [4.78, 5) is 11.8. The molecule has 7 nitrogen and oxygen atoms in total. The second-order valence-corrected chi connectivity index (χ2v) is 8.08. The SMILES string of the molecule is COC(=O)c1ccc(S(=O)(=O)N2CCC3CCC(C2)N3)cc1OC. The highest BCUT2D eigenvalue weighted by Gasteiger charge is 2.35. The zero-order valence-electron chi connectivity index (χ0n) is 13.8. The van der Waals surface area contributed by atoms with Gasteiger partial charge in [-0.15, -0.1) is 0 Å². The lowest BCUT2D eigenvalue weighted by molar-refractivity contribution is 0.0597. The van der Waals surface area contributed by atoms with Crippen LogP contribution in [-0.4, -0.2) is 58.1 Å². The lowest BCUT2D eigenvalue weighted by Gasteiger charge is -2.24. The monoisotopic (exact) mass is 354 g/mol. The third kappa shape index (κ3) is 3.13. The molecule has 0 aromatic heterocycles.